The first kappa shape index (κ1) is 22.9. The lowest BCUT2D eigenvalue weighted by Gasteiger charge is -2.15. The molecule has 4 aromatic rings. The average Bonchev–Trinajstić information content (AvgIpc) is 2.84. The van der Waals surface area contributed by atoms with Gasteiger partial charge in [0.25, 0.3) is 0 Å². The van der Waals surface area contributed by atoms with Crippen LogP contribution in [-0.2, 0) is 13.1 Å². The predicted octanol–water partition coefficient (Wildman–Crippen LogP) is 3.27. The van der Waals surface area contributed by atoms with Crippen molar-refractivity contribution in [1.29, 1.82) is 0 Å². The molecule has 0 aliphatic heterocycles. The third-order valence-electron chi connectivity index (χ3n) is 4.82. The van der Waals surface area contributed by atoms with Crippen molar-refractivity contribution in [3.63, 3.8) is 0 Å². The number of aromatic nitrogens is 5. The van der Waals surface area contributed by atoms with Crippen LogP contribution in [0.3, 0.4) is 0 Å². The molecule has 0 saturated carbocycles. The number of anilines is 2. The van der Waals surface area contributed by atoms with Gasteiger partial charge in [-0.15, -0.1) is 0 Å². The fraction of sp³-hybridized carbons (Fsp3) is 0.130. The molecule has 34 heavy (non-hydrogen) atoms. The molecule has 2 aromatic carbocycles. The molecule has 0 radical (unpaired) electrons. The molecule has 10 nitrogen and oxygen atoms in total. The topological polar surface area (TPSA) is 121 Å². The Labute approximate surface area is 198 Å². The minimum Gasteiger partial charge on any atom is -0.438 e. The summed E-state index contributed by atoms with van der Waals surface area (Å²) in [5, 5.41) is 3.62. The van der Waals surface area contributed by atoms with E-state index in [0.717, 1.165) is 10.1 Å². The van der Waals surface area contributed by atoms with E-state index in [0.29, 0.717) is 22.7 Å². The van der Waals surface area contributed by atoms with Gasteiger partial charge in [-0.25, -0.2) is 24.1 Å². The molecular formula is C23H19ClN6O4. The molecule has 0 aliphatic carbocycles. The Balaban J connectivity index is 1.59. The number of nitrogens with zero attached hydrogens (tertiary/aromatic N) is 5. The average molecular weight is 479 g/mol. The fourth-order valence-corrected chi connectivity index (χ4v) is 3.23. The van der Waals surface area contributed by atoms with Gasteiger partial charge in [-0.1, -0.05) is 23.7 Å². The molecule has 4 rings (SSSR count). The summed E-state index contributed by atoms with van der Waals surface area (Å²) in [6.07, 6.45) is 3.25. The van der Waals surface area contributed by atoms with Crippen LogP contribution in [0.2, 0.25) is 5.02 Å². The van der Waals surface area contributed by atoms with E-state index in [4.69, 9.17) is 16.3 Å². The van der Waals surface area contributed by atoms with Gasteiger partial charge in [-0.3, -0.25) is 9.36 Å². The van der Waals surface area contributed by atoms with Gasteiger partial charge in [-0.2, -0.15) is 4.98 Å². The summed E-state index contributed by atoms with van der Waals surface area (Å²) in [4.78, 5) is 48.0. The van der Waals surface area contributed by atoms with E-state index in [1.807, 2.05) is 0 Å². The SMILES string of the molecule is CCn1c(=O)nc(Nc2ccc(Oc3cnc(C=O)cn3)cc2)n(Cc2ccc(Cl)cc2)c1=O. The Morgan fingerprint density at radius 2 is 1.74 bits per heavy atom. The van der Waals surface area contributed by atoms with E-state index in [2.05, 4.69) is 20.3 Å². The fourth-order valence-electron chi connectivity index (χ4n) is 3.11. The lowest BCUT2D eigenvalue weighted by Crippen LogP contribution is -2.42. The van der Waals surface area contributed by atoms with Crippen LogP contribution >= 0.6 is 11.6 Å². The van der Waals surface area contributed by atoms with E-state index in [9.17, 15) is 14.4 Å². The van der Waals surface area contributed by atoms with Gasteiger partial charge in [0.15, 0.2) is 6.29 Å². The zero-order valence-corrected chi connectivity index (χ0v) is 18.8. The van der Waals surface area contributed by atoms with E-state index < -0.39 is 11.4 Å². The molecule has 0 unspecified atom stereocenters. The smallest absolute Gasteiger partial charge is 0.354 e. The highest BCUT2D eigenvalue weighted by atomic mass is 35.5. The first-order valence-electron chi connectivity index (χ1n) is 10.2. The minimum atomic E-state index is -0.639. The summed E-state index contributed by atoms with van der Waals surface area (Å²) in [5.41, 5.74) is 0.495. The van der Waals surface area contributed by atoms with Crippen LogP contribution < -0.4 is 21.4 Å². The van der Waals surface area contributed by atoms with Crippen molar-refractivity contribution in [2.24, 2.45) is 0 Å². The molecule has 172 valence electrons. The molecule has 1 N–H and O–H groups in total. The van der Waals surface area contributed by atoms with Crippen LogP contribution in [0.1, 0.15) is 23.0 Å². The van der Waals surface area contributed by atoms with E-state index in [1.54, 1.807) is 55.5 Å². The van der Waals surface area contributed by atoms with Crippen molar-refractivity contribution < 1.29 is 9.53 Å². The number of nitrogens with one attached hydrogen (secondary N) is 1. The largest absolute Gasteiger partial charge is 0.438 e. The maximum absolute atomic E-state index is 13.0. The van der Waals surface area contributed by atoms with Gasteiger partial charge < -0.3 is 10.1 Å². The molecule has 2 aromatic heterocycles. The van der Waals surface area contributed by atoms with Crippen LogP contribution in [0.15, 0.2) is 70.5 Å². The summed E-state index contributed by atoms with van der Waals surface area (Å²) in [6.45, 7) is 2.11. The van der Waals surface area contributed by atoms with Gasteiger partial charge in [-0.05, 0) is 48.9 Å². The normalized spacial score (nSPS) is 10.6. The number of aldehydes is 1. The Morgan fingerprint density at radius 1 is 1.00 bits per heavy atom. The number of halogens is 1. The van der Waals surface area contributed by atoms with Crippen LogP contribution in [0.25, 0.3) is 0 Å². The molecular weight excluding hydrogens is 460 g/mol. The van der Waals surface area contributed by atoms with E-state index >= 15 is 0 Å². The Kier molecular flexibility index (Phi) is 6.79. The Hall–Kier alpha value is -4.31. The summed E-state index contributed by atoms with van der Waals surface area (Å²) >= 11 is 5.96. The Morgan fingerprint density at radius 3 is 2.35 bits per heavy atom. The zero-order chi connectivity index (χ0) is 24.1. The van der Waals surface area contributed by atoms with Gasteiger partial charge >= 0.3 is 11.4 Å². The van der Waals surface area contributed by atoms with Gasteiger partial charge in [0, 0.05) is 17.3 Å². The van der Waals surface area contributed by atoms with Gasteiger partial charge in [0.2, 0.25) is 11.8 Å². The van der Waals surface area contributed by atoms with Crippen LogP contribution in [0, 0.1) is 0 Å². The lowest BCUT2D eigenvalue weighted by molar-refractivity contribution is 0.111. The van der Waals surface area contributed by atoms with Gasteiger partial charge in [0.05, 0.1) is 18.9 Å². The first-order valence-corrected chi connectivity index (χ1v) is 10.6. The lowest BCUT2D eigenvalue weighted by atomic mass is 10.2. The second-order valence-corrected chi connectivity index (χ2v) is 7.54. The molecule has 0 atom stereocenters. The standard InChI is InChI=1S/C23H19ClN6O4/c1-2-29-22(32)28-21(30(23(29)33)13-15-3-5-16(24)6-4-15)27-17-7-9-19(10-8-17)34-20-12-25-18(14-31)11-26-20/h3-12,14H,2,13H2,1H3,(H,27,28,32). The van der Waals surface area contributed by atoms with Crippen LogP contribution in [0.4, 0.5) is 11.6 Å². The van der Waals surface area contributed by atoms with Crippen molar-refractivity contribution in [3.8, 4) is 11.6 Å². The molecule has 0 amide bonds. The number of hydrogen-bond acceptors (Lipinski definition) is 8. The molecule has 11 heteroatoms. The summed E-state index contributed by atoms with van der Waals surface area (Å²) < 4.78 is 8.07. The second kappa shape index (κ2) is 10.1. The number of carbonyl (C=O) groups is 1. The third-order valence-corrected chi connectivity index (χ3v) is 5.07. The molecule has 0 fully saturated rings. The maximum atomic E-state index is 13.0. The highest BCUT2D eigenvalue weighted by molar-refractivity contribution is 6.30. The third kappa shape index (κ3) is 5.18. The van der Waals surface area contributed by atoms with E-state index in [-0.39, 0.29) is 30.6 Å². The predicted molar refractivity (Wildman–Crippen MR) is 126 cm³/mol. The van der Waals surface area contributed by atoms with Crippen molar-refractivity contribution in [1.82, 2.24) is 24.1 Å². The number of benzene rings is 2. The summed E-state index contributed by atoms with van der Waals surface area (Å²) in [5.74, 6) is 0.818. The summed E-state index contributed by atoms with van der Waals surface area (Å²) in [7, 11) is 0. The van der Waals surface area contributed by atoms with Crippen LogP contribution in [0.5, 0.6) is 11.6 Å². The second-order valence-electron chi connectivity index (χ2n) is 7.11. The first-order chi connectivity index (χ1) is 16.5. The van der Waals surface area contributed by atoms with Crippen molar-refractivity contribution in [2.45, 2.75) is 20.0 Å². The van der Waals surface area contributed by atoms with Crippen molar-refractivity contribution >= 4 is 29.5 Å². The highest BCUT2D eigenvalue weighted by Crippen LogP contribution is 2.22. The van der Waals surface area contributed by atoms with Crippen LogP contribution in [-0.4, -0.2) is 30.4 Å². The summed E-state index contributed by atoms with van der Waals surface area (Å²) in [6, 6.07) is 13.8. The quantitative estimate of drug-likeness (QED) is 0.383. The monoisotopic (exact) mass is 478 g/mol. The molecule has 0 aliphatic rings. The zero-order valence-electron chi connectivity index (χ0n) is 18.0. The molecule has 0 saturated heterocycles. The molecule has 0 spiro atoms. The maximum Gasteiger partial charge on any atom is 0.354 e. The number of carbonyl (C=O) groups excluding carboxylic acids is 1. The molecule has 2 heterocycles. The highest BCUT2D eigenvalue weighted by Gasteiger charge is 2.13. The number of ether oxygens (including phenoxy) is 1. The van der Waals surface area contributed by atoms with Gasteiger partial charge in [0.1, 0.15) is 11.4 Å². The van der Waals surface area contributed by atoms with Crippen molar-refractivity contribution in [3.05, 3.63) is 98.2 Å². The molecule has 0 bridgehead atoms. The van der Waals surface area contributed by atoms with E-state index in [1.165, 1.54) is 17.0 Å². The van der Waals surface area contributed by atoms with Crippen molar-refractivity contribution in [2.75, 3.05) is 5.32 Å². The number of rotatable bonds is 8. The minimum absolute atomic E-state index is 0.110. The number of hydrogen-bond donors (Lipinski definition) is 1. The Bertz CT molecular complexity index is 1410.